The van der Waals surface area contributed by atoms with Gasteiger partial charge in [0, 0.05) is 17.7 Å². The lowest BCUT2D eigenvalue weighted by Crippen LogP contribution is -2.23. The van der Waals surface area contributed by atoms with Gasteiger partial charge in [0.1, 0.15) is 11.5 Å². The van der Waals surface area contributed by atoms with E-state index in [9.17, 15) is 14.7 Å². The first-order chi connectivity index (χ1) is 14.0. The van der Waals surface area contributed by atoms with Crippen LogP contribution in [0.4, 0.5) is 0 Å². The molecule has 0 aliphatic rings. The number of aromatic hydroxyl groups is 1. The van der Waals surface area contributed by atoms with Crippen LogP contribution < -0.4 is 15.5 Å². The SMILES string of the molecule is COc1ccc(-c2cc(C(=O)NCc3ccc(C(=O)NO)cc3)c(O)cn2)cc1. The molecular weight excluding hydrogens is 374 g/mol. The van der Waals surface area contributed by atoms with Crippen molar-refractivity contribution >= 4 is 11.8 Å². The molecule has 8 heteroatoms. The fraction of sp³-hybridized carbons (Fsp3) is 0.0952. The normalized spacial score (nSPS) is 10.3. The predicted octanol–water partition coefficient (Wildman–Crippen LogP) is 2.51. The minimum atomic E-state index is -0.617. The number of methoxy groups -OCH3 is 1. The molecule has 0 saturated heterocycles. The number of amides is 2. The second-order valence-electron chi connectivity index (χ2n) is 6.14. The first-order valence-electron chi connectivity index (χ1n) is 8.67. The number of hydrogen-bond donors (Lipinski definition) is 4. The first-order valence-corrected chi connectivity index (χ1v) is 8.67. The van der Waals surface area contributed by atoms with E-state index in [1.165, 1.54) is 24.4 Å². The molecule has 29 heavy (non-hydrogen) atoms. The number of carbonyl (C=O) groups excluding carboxylic acids is 2. The van der Waals surface area contributed by atoms with Crippen molar-refractivity contribution in [1.29, 1.82) is 0 Å². The number of carbonyl (C=O) groups is 2. The molecule has 1 heterocycles. The summed E-state index contributed by atoms with van der Waals surface area (Å²) in [7, 11) is 1.57. The third kappa shape index (κ3) is 4.69. The number of hydroxylamine groups is 1. The number of rotatable bonds is 6. The van der Waals surface area contributed by atoms with Crippen molar-refractivity contribution in [1.82, 2.24) is 15.8 Å². The summed E-state index contributed by atoms with van der Waals surface area (Å²) in [6.45, 7) is 0.194. The van der Waals surface area contributed by atoms with Gasteiger partial charge in [-0.05, 0) is 48.0 Å². The zero-order chi connectivity index (χ0) is 20.8. The maximum absolute atomic E-state index is 12.5. The van der Waals surface area contributed by atoms with Crippen LogP contribution in [0.25, 0.3) is 11.3 Å². The number of hydrogen-bond acceptors (Lipinski definition) is 6. The molecule has 0 radical (unpaired) electrons. The minimum absolute atomic E-state index is 0.0992. The molecule has 0 bridgehead atoms. The summed E-state index contributed by atoms with van der Waals surface area (Å²) in [5, 5.41) is 21.4. The van der Waals surface area contributed by atoms with Crippen LogP contribution in [0.15, 0.2) is 60.8 Å². The van der Waals surface area contributed by atoms with Crippen LogP contribution in [0.3, 0.4) is 0 Å². The highest BCUT2D eigenvalue weighted by Crippen LogP contribution is 2.25. The van der Waals surface area contributed by atoms with Gasteiger partial charge in [0.2, 0.25) is 0 Å². The maximum atomic E-state index is 12.5. The summed E-state index contributed by atoms with van der Waals surface area (Å²) in [4.78, 5) is 28.0. The van der Waals surface area contributed by atoms with Crippen LogP contribution in [0.1, 0.15) is 26.3 Å². The van der Waals surface area contributed by atoms with E-state index < -0.39 is 11.8 Å². The molecule has 148 valence electrons. The topological polar surface area (TPSA) is 121 Å². The van der Waals surface area contributed by atoms with Crippen molar-refractivity contribution in [3.05, 3.63) is 77.5 Å². The van der Waals surface area contributed by atoms with Crippen LogP contribution in [0, 0.1) is 0 Å². The molecule has 1 aromatic heterocycles. The lowest BCUT2D eigenvalue weighted by Gasteiger charge is -2.09. The van der Waals surface area contributed by atoms with E-state index in [1.807, 2.05) is 12.1 Å². The number of aromatic nitrogens is 1. The standard InChI is InChI=1S/C21H19N3O5/c1-29-16-8-6-14(7-9-16)18-10-17(19(25)12-22-18)21(27)23-11-13-2-4-15(5-3-13)20(26)24-28/h2-10,12,25,28H,11H2,1H3,(H,23,27)(H,24,26). The van der Waals surface area contributed by atoms with E-state index in [0.717, 1.165) is 11.1 Å². The Hall–Kier alpha value is -3.91. The number of nitrogens with one attached hydrogen (secondary N) is 2. The van der Waals surface area contributed by atoms with E-state index in [0.29, 0.717) is 17.0 Å². The molecule has 0 atom stereocenters. The minimum Gasteiger partial charge on any atom is -0.505 e. The molecule has 0 aliphatic heterocycles. The van der Waals surface area contributed by atoms with E-state index in [-0.39, 0.29) is 17.9 Å². The van der Waals surface area contributed by atoms with Gasteiger partial charge < -0.3 is 15.2 Å². The largest absolute Gasteiger partial charge is 0.505 e. The zero-order valence-corrected chi connectivity index (χ0v) is 15.5. The fourth-order valence-electron chi connectivity index (χ4n) is 2.67. The highest BCUT2D eigenvalue weighted by molar-refractivity contribution is 5.97. The van der Waals surface area contributed by atoms with Crippen LogP contribution in [0.5, 0.6) is 11.5 Å². The Balaban J connectivity index is 1.72. The third-order valence-corrected chi connectivity index (χ3v) is 4.28. The van der Waals surface area contributed by atoms with E-state index in [4.69, 9.17) is 9.94 Å². The second-order valence-corrected chi connectivity index (χ2v) is 6.14. The molecule has 0 fully saturated rings. The molecule has 4 N–H and O–H groups in total. The van der Waals surface area contributed by atoms with Crippen LogP contribution in [-0.4, -0.2) is 34.2 Å². The van der Waals surface area contributed by atoms with E-state index >= 15 is 0 Å². The van der Waals surface area contributed by atoms with Crippen LogP contribution >= 0.6 is 0 Å². The molecule has 0 saturated carbocycles. The van der Waals surface area contributed by atoms with Crippen LogP contribution in [-0.2, 0) is 6.54 Å². The molecule has 0 aliphatic carbocycles. The van der Waals surface area contributed by atoms with E-state index in [2.05, 4.69) is 10.3 Å². The van der Waals surface area contributed by atoms with E-state index in [1.54, 1.807) is 36.9 Å². The fourth-order valence-corrected chi connectivity index (χ4v) is 2.67. The number of nitrogens with zero attached hydrogens (tertiary/aromatic N) is 1. The van der Waals surface area contributed by atoms with Crippen molar-refractivity contribution in [3.8, 4) is 22.8 Å². The first kappa shape index (κ1) is 19.8. The maximum Gasteiger partial charge on any atom is 0.274 e. The van der Waals surface area contributed by atoms with Crippen molar-refractivity contribution in [2.24, 2.45) is 0 Å². The van der Waals surface area contributed by atoms with Gasteiger partial charge >= 0.3 is 0 Å². The van der Waals surface area contributed by atoms with Crippen molar-refractivity contribution in [2.75, 3.05) is 7.11 Å². The lowest BCUT2D eigenvalue weighted by atomic mass is 10.1. The predicted molar refractivity (Wildman–Crippen MR) is 105 cm³/mol. The quantitative estimate of drug-likeness (QED) is 0.377. The Kier molecular flexibility index (Phi) is 6.06. The van der Waals surface area contributed by atoms with Gasteiger partial charge in [-0.2, -0.15) is 0 Å². The van der Waals surface area contributed by atoms with Crippen molar-refractivity contribution in [2.45, 2.75) is 6.54 Å². The molecule has 0 spiro atoms. The Labute approximate surface area is 166 Å². The summed E-state index contributed by atoms with van der Waals surface area (Å²) in [6, 6.07) is 15.1. The van der Waals surface area contributed by atoms with Gasteiger partial charge in [-0.15, -0.1) is 0 Å². The Morgan fingerprint density at radius 2 is 1.72 bits per heavy atom. The molecule has 8 nitrogen and oxygen atoms in total. The molecule has 2 amide bonds. The Morgan fingerprint density at radius 1 is 1.03 bits per heavy atom. The Bertz CT molecular complexity index is 1020. The van der Waals surface area contributed by atoms with Gasteiger partial charge in [-0.3, -0.25) is 19.8 Å². The molecule has 3 aromatic rings. The second kappa shape index (κ2) is 8.85. The highest BCUT2D eigenvalue weighted by Gasteiger charge is 2.14. The molecule has 0 unspecified atom stereocenters. The Morgan fingerprint density at radius 3 is 2.34 bits per heavy atom. The summed E-state index contributed by atoms with van der Waals surface area (Å²) in [5.74, 6) is -0.604. The van der Waals surface area contributed by atoms with Gasteiger partial charge in [0.05, 0.1) is 24.6 Å². The number of ether oxygens (including phenoxy) is 1. The van der Waals surface area contributed by atoms with Crippen molar-refractivity contribution in [3.63, 3.8) is 0 Å². The number of benzene rings is 2. The number of pyridine rings is 1. The summed E-state index contributed by atoms with van der Waals surface area (Å²) in [5.41, 5.74) is 4.00. The summed E-state index contributed by atoms with van der Waals surface area (Å²) < 4.78 is 5.13. The monoisotopic (exact) mass is 393 g/mol. The average molecular weight is 393 g/mol. The third-order valence-electron chi connectivity index (χ3n) is 4.28. The van der Waals surface area contributed by atoms with Gasteiger partial charge in [0.15, 0.2) is 0 Å². The smallest absolute Gasteiger partial charge is 0.274 e. The van der Waals surface area contributed by atoms with Gasteiger partial charge in [0.25, 0.3) is 11.8 Å². The zero-order valence-electron chi connectivity index (χ0n) is 15.5. The molecule has 2 aromatic carbocycles. The van der Waals surface area contributed by atoms with Gasteiger partial charge in [-0.25, -0.2) is 5.48 Å². The lowest BCUT2D eigenvalue weighted by molar-refractivity contribution is 0.0706. The van der Waals surface area contributed by atoms with Gasteiger partial charge in [-0.1, -0.05) is 12.1 Å². The summed E-state index contributed by atoms with van der Waals surface area (Å²) >= 11 is 0. The molecular formula is C21H19N3O5. The van der Waals surface area contributed by atoms with Crippen molar-refractivity contribution < 1.29 is 24.6 Å². The summed E-state index contributed by atoms with van der Waals surface area (Å²) in [6.07, 6.45) is 1.23. The average Bonchev–Trinajstić information content (AvgIpc) is 2.77. The highest BCUT2D eigenvalue weighted by atomic mass is 16.5. The molecule has 3 rings (SSSR count). The van der Waals surface area contributed by atoms with Crippen LogP contribution in [0.2, 0.25) is 0 Å².